The first kappa shape index (κ1) is 8.37. The Balaban J connectivity index is 2.43. The van der Waals surface area contributed by atoms with Crippen LogP contribution in [0.4, 0.5) is 0 Å². The molecule has 0 bridgehead atoms. The second kappa shape index (κ2) is 2.92. The normalized spacial score (nSPS) is 24.7. The summed E-state index contributed by atoms with van der Waals surface area (Å²) < 4.78 is 0.785. The van der Waals surface area contributed by atoms with Gasteiger partial charge in [-0.05, 0) is 12.2 Å². The molecule has 0 saturated carbocycles. The average molecular weight is 241 g/mol. The minimum atomic E-state index is -0.954. The lowest BCUT2D eigenvalue weighted by molar-refractivity contribution is -0.132. The fraction of sp³-hybridized carbons (Fsp3) is 0.125. The van der Waals surface area contributed by atoms with Gasteiger partial charge in [-0.1, -0.05) is 15.9 Å². The maximum Gasteiger partial charge on any atom is 0.335 e. The van der Waals surface area contributed by atoms with E-state index in [1.54, 1.807) is 12.3 Å². The molecule has 2 rings (SSSR count). The predicted octanol–water partition coefficient (Wildman–Crippen LogP) is 1.35. The van der Waals surface area contributed by atoms with Gasteiger partial charge < -0.3 is 5.11 Å². The van der Waals surface area contributed by atoms with Crippen LogP contribution in [0.3, 0.4) is 0 Å². The monoisotopic (exact) mass is 240 g/mol. The molecule has 0 radical (unpaired) electrons. The lowest BCUT2D eigenvalue weighted by atomic mass is 9.96. The third-order valence-electron chi connectivity index (χ3n) is 1.85. The van der Waals surface area contributed by atoms with Crippen molar-refractivity contribution in [2.45, 2.75) is 0 Å². The Hall–Kier alpha value is -1.23. The zero-order chi connectivity index (χ0) is 9.42. The smallest absolute Gasteiger partial charge is 0.335 e. The molecule has 1 aliphatic carbocycles. The van der Waals surface area contributed by atoms with Gasteiger partial charge >= 0.3 is 5.97 Å². The van der Waals surface area contributed by atoms with E-state index in [4.69, 9.17) is 5.11 Å². The molecule has 2 aliphatic rings. The van der Waals surface area contributed by atoms with Gasteiger partial charge in [0.05, 0.1) is 17.2 Å². The zero-order valence-corrected chi connectivity index (χ0v) is 8.02. The molecule has 13 heavy (non-hydrogen) atoms. The van der Waals surface area contributed by atoms with Gasteiger partial charge in [0.2, 0.25) is 0 Å². The second-order valence-corrected chi connectivity index (χ2v) is 3.62. The van der Waals surface area contributed by atoms with Crippen LogP contribution in [0.15, 0.2) is 32.4 Å². The number of halogens is 1. The van der Waals surface area contributed by atoms with Crippen LogP contribution in [0.2, 0.25) is 0 Å². The van der Waals surface area contributed by atoms with Crippen LogP contribution in [0.25, 0.3) is 0 Å². The fourth-order valence-electron chi connectivity index (χ4n) is 1.20. The van der Waals surface area contributed by atoms with Crippen molar-refractivity contribution in [2.24, 2.45) is 16.1 Å². The van der Waals surface area contributed by atoms with Gasteiger partial charge in [-0.25, -0.2) is 4.79 Å². The summed E-state index contributed by atoms with van der Waals surface area (Å²) in [5.41, 5.74) is 0.902. The first-order valence-corrected chi connectivity index (χ1v) is 4.41. The van der Waals surface area contributed by atoms with Crippen LogP contribution < -0.4 is 0 Å². The standard InChI is InChI=1S/C8H5BrN2O2/c9-6-1-4(8(12)13)2-7-5(6)3-10-11-7/h1-3,5H,(H,12,13)/t5-/m0/s1. The number of allylic oxidation sites excluding steroid dienone is 2. The van der Waals surface area contributed by atoms with Crippen molar-refractivity contribution in [3.63, 3.8) is 0 Å². The highest BCUT2D eigenvalue weighted by molar-refractivity contribution is 9.11. The summed E-state index contributed by atoms with van der Waals surface area (Å²) in [4.78, 5) is 10.7. The number of carboxylic acids is 1. The molecular formula is C8H5BrN2O2. The summed E-state index contributed by atoms with van der Waals surface area (Å²) >= 11 is 3.29. The van der Waals surface area contributed by atoms with E-state index in [1.165, 1.54) is 6.08 Å². The SMILES string of the molecule is O=C(O)C1=CC2=NN=C[C@H]2C(Br)=C1. The summed E-state index contributed by atoms with van der Waals surface area (Å²) in [7, 11) is 0. The predicted molar refractivity (Wildman–Crippen MR) is 52.1 cm³/mol. The number of nitrogens with zero attached hydrogens (tertiary/aromatic N) is 2. The van der Waals surface area contributed by atoms with Crippen LogP contribution in [-0.2, 0) is 4.79 Å². The van der Waals surface area contributed by atoms with E-state index in [9.17, 15) is 4.79 Å². The quantitative estimate of drug-likeness (QED) is 0.752. The Kier molecular flexibility index (Phi) is 1.88. The number of hydrogen-bond donors (Lipinski definition) is 1. The highest BCUT2D eigenvalue weighted by Gasteiger charge is 2.25. The zero-order valence-electron chi connectivity index (χ0n) is 6.44. The van der Waals surface area contributed by atoms with Gasteiger partial charge in [0, 0.05) is 10.7 Å². The molecule has 5 heteroatoms. The largest absolute Gasteiger partial charge is 0.478 e. The van der Waals surface area contributed by atoms with Crippen LogP contribution in [-0.4, -0.2) is 23.0 Å². The summed E-state index contributed by atoms with van der Waals surface area (Å²) in [5.74, 6) is -0.951. The molecule has 0 aromatic heterocycles. The van der Waals surface area contributed by atoms with Crippen LogP contribution in [0.5, 0.6) is 0 Å². The van der Waals surface area contributed by atoms with Crippen molar-refractivity contribution >= 4 is 33.8 Å². The summed E-state index contributed by atoms with van der Waals surface area (Å²) in [6.07, 6.45) is 4.78. The van der Waals surface area contributed by atoms with Gasteiger partial charge in [0.1, 0.15) is 0 Å². The first-order valence-electron chi connectivity index (χ1n) is 3.61. The van der Waals surface area contributed by atoms with Crippen LogP contribution in [0.1, 0.15) is 0 Å². The minimum Gasteiger partial charge on any atom is -0.478 e. The number of fused-ring (bicyclic) bond motifs is 1. The topological polar surface area (TPSA) is 62.0 Å². The summed E-state index contributed by atoms with van der Waals surface area (Å²) in [6, 6.07) is 0. The molecule has 1 heterocycles. The van der Waals surface area contributed by atoms with Crippen molar-refractivity contribution in [1.29, 1.82) is 0 Å². The molecule has 66 valence electrons. The molecule has 1 aliphatic heterocycles. The molecule has 0 spiro atoms. The third kappa shape index (κ3) is 1.35. The van der Waals surface area contributed by atoms with E-state index in [-0.39, 0.29) is 11.5 Å². The van der Waals surface area contributed by atoms with Crippen molar-refractivity contribution in [3.8, 4) is 0 Å². The van der Waals surface area contributed by atoms with Crippen molar-refractivity contribution < 1.29 is 9.90 Å². The fourth-order valence-corrected chi connectivity index (χ4v) is 1.80. The van der Waals surface area contributed by atoms with E-state index in [0.29, 0.717) is 5.71 Å². The van der Waals surface area contributed by atoms with E-state index >= 15 is 0 Å². The number of carboxylic acid groups (broad SMARTS) is 1. The molecular weight excluding hydrogens is 236 g/mol. The average Bonchev–Trinajstić information content (AvgIpc) is 2.51. The third-order valence-corrected chi connectivity index (χ3v) is 2.57. The van der Waals surface area contributed by atoms with Gasteiger partial charge in [0.25, 0.3) is 0 Å². The first-order chi connectivity index (χ1) is 6.18. The van der Waals surface area contributed by atoms with E-state index in [1.807, 2.05) is 0 Å². The molecule has 0 aromatic rings. The molecule has 1 atom stereocenters. The molecule has 0 saturated heterocycles. The van der Waals surface area contributed by atoms with Gasteiger partial charge in [-0.15, -0.1) is 0 Å². The van der Waals surface area contributed by atoms with Gasteiger partial charge in [-0.3, -0.25) is 0 Å². The summed E-state index contributed by atoms with van der Waals surface area (Å²) in [5, 5.41) is 16.3. The Morgan fingerprint density at radius 1 is 1.54 bits per heavy atom. The molecule has 4 nitrogen and oxygen atoms in total. The maximum atomic E-state index is 10.7. The summed E-state index contributed by atoms with van der Waals surface area (Å²) in [6.45, 7) is 0. The van der Waals surface area contributed by atoms with Crippen molar-refractivity contribution in [3.05, 3.63) is 22.2 Å². The molecule has 0 aromatic carbocycles. The van der Waals surface area contributed by atoms with Crippen molar-refractivity contribution in [1.82, 2.24) is 0 Å². The lowest BCUT2D eigenvalue weighted by Gasteiger charge is -2.12. The van der Waals surface area contributed by atoms with E-state index in [0.717, 1.165) is 4.48 Å². The maximum absolute atomic E-state index is 10.7. The Morgan fingerprint density at radius 3 is 3.00 bits per heavy atom. The highest BCUT2D eigenvalue weighted by atomic mass is 79.9. The Morgan fingerprint density at radius 2 is 2.31 bits per heavy atom. The number of hydrogen-bond acceptors (Lipinski definition) is 3. The van der Waals surface area contributed by atoms with Gasteiger partial charge in [-0.2, -0.15) is 10.2 Å². The number of carbonyl (C=O) groups is 1. The highest BCUT2D eigenvalue weighted by Crippen LogP contribution is 2.28. The Labute approximate surface area is 82.5 Å². The van der Waals surface area contributed by atoms with Crippen molar-refractivity contribution in [2.75, 3.05) is 0 Å². The number of rotatable bonds is 1. The molecule has 0 amide bonds. The van der Waals surface area contributed by atoms with E-state index < -0.39 is 5.97 Å². The van der Waals surface area contributed by atoms with Crippen LogP contribution in [0, 0.1) is 5.92 Å². The molecule has 1 N–H and O–H groups in total. The lowest BCUT2D eigenvalue weighted by Crippen LogP contribution is -2.17. The van der Waals surface area contributed by atoms with Crippen LogP contribution >= 0.6 is 15.9 Å². The number of aliphatic carboxylic acids is 1. The second-order valence-electron chi connectivity index (χ2n) is 2.70. The Bertz CT molecular complexity index is 393. The minimum absolute atomic E-state index is 0.00287. The molecule has 0 unspecified atom stereocenters. The molecule has 0 fully saturated rings. The van der Waals surface area contributed by atoms with Gasteiger partial charge in [0.15, 0.2) is 0 Å². The van der Waals surface area contributed by atoms with E-state index in [2.05, 4.69) is 26.1 Å².